The summed E-state index contributed by atoms with van der Waals surface area (Å²) in [5.41, 5.74) is 0. The molecule has 2 fully saturated rings. The molecule has 130 valence electrons. The quantitative estimate of drug-likeness (QED) is 0.366. The standard InChI is InChI=1S/C13H24O9/c1-19-10-2-6(15)13(18)9(22-10)5-20-11-3-7(16)12(17)8(4-14)21-11/h6-18H,2-5H2,1H3/t6?,7-,8?,9?,10?,11+,12+,13?/m1/s1. The Morgan fingerprint density at radius 2 is 1.45 bits per heavy atom. The van der Waals surface area contributed by atoms with Crippen molar-refractivity contribution in [2.75, 3.05) is 20.3 Å². The van der Waals surface area contributed by atoms with Gasteiger partial charge in [-0.15, -0.1) is 0 Å². The first-order valence-electron chi connectivity index (χ1n) is 7.24. The van der Waals surface area contributed by atoms with Gasteiger partial charge in [-0.25, -0.2) is 0 Å². The lowest BCUT2D eigenvalue weighted by molar-refractivity contribution is -0.289. The zero-order chi connectivity index (χ0) is 16.3. The van der Waals surface area contributed by atoms with Crippen molar-refractivity contribution in [3.63, 3.8) is 0 Å². The van der Waals surface area contributed by atoms with Crippen molar-refractivity contribution in [2.24, 2.45) is 0 Å². The first-order chi connectivity index (χ1) is 10.5. The third-order valence-electron chi connectivity index (χ3n) is 3.96. The third-order valence-corrected chi connectivity index (χ3v) is 3.96. The molecule has 0 saturated carbocycles. The molecular weight excluding hydrogens is 300 g/mol. The maximum Gasteiger partial charge on any atom is 0.160 e. The van der Waals surface area contributed by atoms with Gasteiger partial charge in [-0.1, -0.05) is 0 Å². The lowest BCUT2D eigenvalue weighted by atomic mass is 10.0. The van der Waals surface area contributed by atoms with Gasteiger partial charge < -0.3 is 44.5 Å². The van der Waals surface area contributed by atoms with Gasteiger partial charge in [0.1, 0.15) is 24.4 Å². The Morgan fingerprint density at radius 1 is 0.909 bits per heavy atom. The number of hydrogen-bond donors (Lipinski definition) is 5. The highest BCUT2D eigenvalue weighted by molar-refractivity contribution is 4.85. The highest BCUT2D eigenvalue weighted by atomic mass is 16.7. The van der Waals surface area contributed by atoms with Crippen molar-refractivity contribution in [3.8, 4) is 0 Å². The van der Waals surface area contributed by atoms with Gasteiger partial charge in [0.25, 0.3) is 0 Å². The SMILES string of the molecule is COC1CC(O)C(O)C(CO[C@@H]2C[C@@H](O)[C@H](O)C(CO)O2)O1. The van der Waals surface area contributed by atoms with Crippen LogP contribution in [0.4, 0.5) is 0 Å². The average Bonchev–Trinajstić information content (AvgIpc) is 2.51. The van der Waals surface area contributed by atoms with Crippen LogP contribution in [0.1, 0.15) is 12.8 Å². The molecule has 22 heavy (non-hydrogen) atoms. The fourth-order valence-corrected chi connectivity index (χ4v) is 2.58. The van der Waals surface area contributed by atoms with Crippen molar-refractivity contribution in [1.29, 1.82) is 0 Å². The van der Waals surface area contributed by atoms with Gasteiger partial charge in [0.05, 0.1) is 25.4 Å². The molecule has 0 spiro atoms. The molecule has 2 heterocycles. The molecule has 5 unspecified atom stereocenters. The van der Waals surface area contributed by atoms with Crippen molar-refractivity contribution >= 4 is 0 Å². The van der Waals surface area contributed by atoms with Gasteiger partial charge in [-0.2, -0.15) is 0 Å². The first-order valence-corrected chi connectivity index (χ1v) is 7.24. The zero-order valence-electron chi connectivity index (χ0n) is 12.3. The van der Waals surface area contributed by atoms with Gasteiger partial charge >= 0.3 is 0 Å². The van der Waals surface area contributed by atoms with Crippen LogP contribution in [0.15, 0.2) is 0 Å². The van der Waals surface area contributed by atoms with E-state index in [-0.39, 0.29) is 19.4 Å². The summed E-state index contributed by atoms with van der Waals surface area (Å²) in [5.74, 6) is 0. The molecule has 8 atom stereocenters. The highest BCUT2D eigenvalue weighted by Crippen LogP contribution is 2.24. The molecule has 9 heteroatoms. The smallest absolute Gasteiger partial charge is 0.160 e. The third kappa shape index (κ3) is 4.13. The van der Waals surface area contributed by atoms with Crippen LogP contribution in [0, 0.1) is 0 Å². The molecule has 0 amide bonds. The largest absolute Gasteiger partial charge is 0.394 e. The van der Waals surface area contributed by atoms with Crippen molar-refractivity contribution in [3.05, 3.63) is 0 Å². The van der Waals surface area contributed by atoms with Crippen molar-refractivity contribution in [2.45, 2.75) is 62.0 Å². The van der Waals surface area contributed by atoms with E-state index < -0.39 is 55.8 Å². The minimum atomic E-state index is -1.18. The Balaban J connectivity index is 1.86. The average molecular weight is 324 g/mol. The Bertz CT molecular complexity index is 341. The van der Waals surface area contributed by atoms with E-state index in [1.807, 2.05) is 0 Å². The van der Waals surface area contributed by atoms with E-state index in [2.05, 4.69) is 0 Å². The van der Waals surface area contributed by atoms with E-state index in [0.29, 0.717) is 0 Å². The maximum atomic E-state index is 9.89. The lowest BCUT2D eigenvalue weighted by Gasteiger charge is -2.39. The summed E-state index contributed by atoms with van der Waals surface area (Å²) in [6.07, 6.45) is -7.44. The zero-order valence-corrected chi connectivity index (χ0v) is 12.3. The second-order valence-electron chi connectivity index (χ2n) is 5.55. The van der Waals surface area contributed by atoms with Crippen LogP contribution >= 0.6 is 0 Å². The van der Waals surface area contributed by atoms with E-state index in [1.165, 1.54) is 7.11 Å². The summed E-state index contributed by atoms with van der Waals surface area (Å²) in [6, 6.07) is 0. The van der Waals surface area contributed by atoms with Gasteiger partial charge in [-0.3, -0.25) is 0 Å². The Kier molecular flexibility index (Phi) is 6.50. The van der Waals surface area contributed by atoms with Crippen LogP contribution in [-0.4, -0.2) is 95.1 Å². The van der Waals surface area contributed by atoms with Crippen LogP contribution in [-0.2, 0) is 18.9 Å². The summed E-state index contributed by atoms with van der Waals surface area (Å²) in [4.78, 5) is 0. The normalized spacial score (nSPS) is 46.6. The van der Waals surface area contributed by atoms with E-state index in [9.17, 15) is 20.4 Å². The van der Waals surface area contributed by atoms with Crippen LogP contribution in [0.25, 0.3) is 0 Å². The molecule has 0 aromatic rings. The molecule has 2 rings (SSSR count). The lowest BCUT2D eigenvalue weighted by Crippen LogP contribution is -2.53. The topological polar surface area (TPSA) is 138 Å². The Hall–Kier alpha value is -0.360. The van der Waals surface area contributed by atoms with Gasteiger partial charge in [-0.05, 0) is 0 Å². The molecule has 2 saturated heterocycles. The monoisotopic (exact) mass is 324 g/mol. The molecule has 0 radical (unpaired) electrons. The van der Waals surface area contributed by atoms with Crippen LogP contribution in [0.3, 0.4) is 0 Å². The van der Waals surface area contributed by atoms with Crippen molar-refractivity contribution < 1.29 is 44.5 Å². The summed E-state index contributed by atoms with van der Waals surface area (Å²) < 4.78 is 21.2. The second kappa shape index (κ2) is 7.95. The molecule has 2 aliphatic rings. The van der Waals surface area contributed by atoms with Crippen LogP contribution in [0.5, 0.6) is 0 Å². The summed E-state index contributed by atoms with van der Waals surface area (Å²) in [7, 11) is 1.43. The van der Waals surface area contributed by atoms with Gasteiger partial charge in [0.2, 0.25) is 0 Å². The van der Waals surface area contributed by atoms with E-state index in [4.69, 9.17) is 24.1 Å². The first kappa shape index (κ1) is 18.0. The molecule has 0 aromatic carbocycles. The van der Waals surface area contributed by atoms with Crippen molar-refractivity contribution in [1.82, 2.24) is 0 Å². The second-order valence-corrected chi connectivity index (χ2v) is 5.55. The van der Waals surface area contributed by atoms with E-state index >= 15 is 0 Å². The molecule has 5 N–H and O–H groups in total. The number of rotatable bonds is 5. The molecular formula is C13H24O9. The Morgan fingerprint density at radius 3 is 2.05 bits per heavy atom. The number of aliphatic hydroxyl groups is 5. The fourth-order valence-electron chi connectivity index (χ4n) is 2.58. The number of aliphatic hydroxyl groups excluding tert-OH is 5. The minimum absolute atomic E-state index is 0.0245. The maximum absolute atomic E-state index is 9.89. The number of methoxy groups -OCH3 is 1. The molecule has 2 aliphatic heterocycles. The Labute approximate surface area is 128 Å². The fraction of sp³-hybridized carbons (Fsp3) is 1.00. The minimum Gasteiger partial charge on any atom is -0.394 e. The number of hydrogen-bond acceptors (Lipinski definition) is 9. The summed E-state index contributed by atoms with van der Waals surface area (Å²) in [5, 5.41) is 48.0. The molecule has 9 nitrogen and oxygen atoms in total. The van der Waals surface area contributed by atoms with Gasteiger partial charge in [0, 0.05) is 20.0 Å². The summed E-state index contributed by atoms with van der Waals surface area (Å²) >= 11 is 0. The van der Waals surface area contributed by atoms with Crippen LogP contribution in [0.2, 0.25) is 0 Å². The predicted molar refractivity (Wildman–Crippen MR) is 70.6 cm³/mol. The molecule has 0 bridgehead atoms. The molecule has 0 aromatic heterocycles. The van der Waals surface area contributed by atoms with E-state index in [0.717, 1.165) is 0 Å². The molecule has 0 aliphatic carbocycles. The summed E-state index contributed by atoms with van der Waals surface area (Å²) in [6.45, 7) is -0.547. The highest BCUT2D eigenvalue weighted by Gasteiger charge is 2.40. The van der Waals surface area contributed by atoms with Crippen LogP contribution < -0.4 is 0 Å². The van der Waals surface area contributed by atoms with E-state index in [1.54, 1.807) is 0 Å². The predicted octanol–water partition coefficient (Wildman–Crippen LogP) is -2.68. The number of ether oxygens (including phenoxy) is 4. The van der Waals surface area contributed by atoms with Gasteiger partial charge in [0.15, 0.2) is 12.6 Å².